The highest BCUT2D eigenvalue weighted by Crippen LogP contribution is 2.26. The van der Waals surface area contributed by atoms with Gasteiger partial charge in [0.1, 0.15) is 5.69 Å². The highest BCUT2D eigenvalue weighted by Gasteiger charge is 2.19. The van der Waals surface area contributed by atoms with Crippen LogP contribution in [0.15, 0.2) is 18.2 Å². The van der Waals surface area contributed by atoms with E-state index in [0.29, 0.717) is 5.69 Å². The number of hydrogen-bond acceptors (Lipinski definition) is 5. The number of rotatable bonds is 5. The van der Waals surface area contributed by atoms with Gasteiger partial charge in [0.05, 0.1) is 4.92 Å². The fourth-order valence-corrected chi connectivity index (χ4v) is 2.77. The first-order valence-corrected chi connectivity index (χ1v) is 7.10. The lowest BCUT2D eigenvalue weighted by atomic mass is 9.94. The SMILES string of the molecule is CCC1CCN(Cc2ccc([N+](=O)[O-])c(NN)c2)CC1. The zero-order chi connectivity index (χ0) is 14.5. The lowest BCUT2D eigenvalue weighted by molar-refractivity contribution is -0.384. The number of piperidine rings is 1. The molecule has 1 aromatic rings. The minimum atomic E-state index is -0.425. The summed E-state index contributed by atoms with van der Waals surface area (Å²) in [5.74, 6) is 6.21. The zero-order valence-corrected chi connectivity index (χ0v) is 11.8. The molecule has 0 saturated carbocycles. The van der Waals surface area contributed by atoms with Gasteiger partial charge in [0, 0.05) is 12.6 Å². The van der Waals surface area contributed by atoms with E-state index in [0.717, 1.165) is 31.1 Å². The van der Waals surface area contributed by atoms with Gasteiger partial charge in [-0.05, 0) is 43.5 Å². The Hall–Kier alpha value is -1.66. The molecule has 110 valence electrons. The van der Waals surface area contributed by atoms with E-state index in [9.17, 15) is 10.1 Å². The van der Waals surface area contributed by atoms with Gasteiger partial charge in [0.25, 0.3) is 5.69 Å². The van der Waals surface area contributed by atoms with E-state index < -0.39 is 4.92 Å². The van der Waals surface area contributed by atoms with Crippen molar-refractivity contribution in [2.45, 2.75) is 32.7 Å². The second kappa shape index (κ2) is 6.67. The first-order chi connectivity index (χ1) is 9.63. The Morgan fingerprint density at radius 2 is 2.15 bits per heavy atom. The number of nitrogens with two attached hydrogens (primary N) is 1. The van der Waals surface area contributed by atoms with Crippen LogP contribution in [0.4, 0.5) is 11.4 Å². The molecule has 0 radical (unpaired) electrons. The molecule has 2 rings (SSSR count). The van der Waals surface area contributed by atoms with Crippen LogP contribution in [-0.4, -0.2) is 22.9 Å². The Morgan fingerprint density at radius 3 is 2.70 bits per heavy atom. The van der Waals surface area contributed by atoms with Crippen molar-refractivity contribution in [1.29, 1.82) is 0 Å². The van der Waals surface area contributed by atoms with Gasteiger partial charge in [-0.25, -0.2) is 0 Å². The maximum Gasteiger partial charge on any atom is 0.293 e. The van der Waals surface area contributed by atoms with Gasteiger partial charge in [-0.1, -0.05) is 19.4 Å². The van der Waals surface area contributed by atoms with Crippen LogP contribution in [0.1, 0.15) is 31.7 Å². The van der Waals surface area contributed by atoms with Crippen LogP contribution in [0.5, 0.6) is 0 Å². The van der Waals surface area contributed by atoms with Crippen molar-refractivity contribution in [3.63, 3.8) is 0 Å². The third kappa shape index (κ3) is 3.46. The van der Waals surface area contributed by atoms with Crippen molar-refractivity contribution >= 4 is 11.4 Å². The second-order valence-corrected chi connectivity index (χ2v) is 5.38. The van der Waals surface area contributed by atoms with Gasteiger partial charge < -0.3 is 5.43 Å². The van der Waals surface area contributed by atoms with E-state index in [1.807, 2.05) is 6.07 Å². The Balaban J connectivity index is 2.01. The van der Waals surface area contributed by atoms with Crippen molar-refractivity contribution in [2.75, 3.05) is 18.5 Å². The van der Waals surface area contributed by atoms with Crippen LogP contribution >= 0.6 is 0 Å². The molecule has 0 bridgehead atoms. The molecule has 1 saturated heterocycles. The molecule has 3 N–H and O–H groups in total. The molecule has 6 heteroatoms. The van der Waals surface area contributed by atoms with E-state index in [-0.39, 0.29) is 5.69 Å². The standard InChI is InChI=1S/C14H22N4O2/c1-2-11-5-7-17(8-6-11)10-12-3-4-14(18(19)20)13(9-12)16-15/h3-4,9,11,16H,2,5-8,10,15H2,1H3. The smallest absolute Gasteiger partial charge is 0.293 e. The highest BCUT2D eigenvalue weighted by molar-refractivity contribution is 5.62. The summed E-state index contributed by atoms with van der Waals surface area (Å²) in [7, 11) is 0. The van der Waals surface area contributed by atoms with Gasteiger partial charge in [-0.3, -0.25) is 20.9 Å². The molecule has 0 aliphatic carbocycles. The van der Waals surface area contributed by atoms with Gasteiger partial charge in [0.15, 0.2) is 0 Å². The number of nitrogen functional groups attached to an aromatic ring is 1. The summed E-state index contributed by atoms with van der Waals surface area (Å²) >= 11 is 0. The molecule has 0 amide bonds. The van der Waals surface area contributed by atoms with E-state index in [1.165, 1.54) is 25.3 Å². The van der Waals surface area contributed by atoms with Crippen molar-refractivity contribution in [2.24, 2.45) is 11.8 Å². The number of nitro benzene ring substituents is 1. The van der Waals surface area contributed by atoms with Gasteiger partial charge in [-0.15, -0.1) is 0 Å². The molecular formula is C14H22N4O2. The molecule has 0 unspecified atom stereocenters. The fraction of sp³-hybridized carbons (Fsp3) is 0.571. The number of likely N-dealkylation sites (tertiary alicyclic amines) is 1. The third-order valence-corrected chi connectivity index (χ3v) is 4.10. The first kappa shape index (κ1) is 14.7. The predicted molar refractivity (Wildman–Crippen MR) is 79.2 cm³/mol. The molecule has 1 aliphatic rings. The maximum atomic E-state index is 10.9. The second-order valence-electron chi connectivity index (χ2n) is 5.38. The van der Waals surface area contributed by atoms with Crippen molar-refractivity contribution < 1.29 is 4.92 Å². The lowest BCUT2D eigenvalue weighted by Gasteiger charge is -2.31. The molecule has 20 heavy (non-hydrogen) atoms. The molecule has 1 fully saturated rings. The Kier molecular flexibility index (Phi) is 4.92. The fourth-order valence-electron chi connectivity index (χ4n) is 2.77. The Labute approximate surface area is 119 Å². The number of anilines is 1. The summed E-state index contributed by atoms with van der Waals surface area (Å²) in [4.78, 5) is 12.8. The molecule has 0 atom stereocenters. The topological polar surface area (TPSA) is 84.4 Å². The van der Waals surface area contributed by atoms with Crippen LogP contribution in [0.2, 0.25) is 0 Å². The lowest BCUT2D eigenvalue weighted by Crippen LogP contribution is -2.33. The van der Waals surface area contributed by atoms with Crippen LogP contribution < -0.4 is 11.3 Å². The first-order valence-electron chi connectivity index (χ1n) is 7.10. The van der Waals surface area contributed by atoms with E-state index in [1.54, 1.807) is 6.07 Å². The molecule has 1 heterocycles. The maximum absolute atomic E-state index is 10.9. The van der Waals surface area contributed by atoms with E-state index in [2.05, 4.69) is 17.2 Å². The molecule has 1 aromatic carbocycles. The van der Waals surface area contributed by atoms with E-state index in [4.69, 9.17) is 5.84 Å². The number of benzene rings is 1. The van der Waals surface area contributed by atoms with Crippen molar-refractivity contribution in [3.8, 4) is 0 Å². The van der Waals surface area contributed by atoms with Gasteiger partial charge in [-0.2, -0.15) is 0 Å². The summed E-state index contributed by atoms with van der Waals surface area (Å²) < 4.78 is 0. The number of hydrogen-bond donors (Lipinski definition) is 2. The Morgan fingerprint density at radius 1 is 1.45 bits per heavy atom. The Bertz CT molecular complexity index is 470. The minimum absolute atomic E-state index is 0.0148. The molecule has 1 aliphatic heterocycles. The van der Waals surface area contributed by atoms with Gasteiger partial charge in [0.2, 0.25) is 0 Å². The minimum Gasteiger partial charge on any atom is -0.318 e. The van der Waals surface area contributed by atoms with E-state index >= 15 is 0 Å². The predicted octanol–water partition coefficient (Wildman–Crippen LogP) is 2.50. The monoisotopic (exact) mass is 278 g/mol. The van der Waals surface area contributed by atoms with Crippen LogP contribution in [0.3, 0.4) is 0 Å². The summed E-state index contributed by atoms with van der Waals surface area (Å²) in [5, 5.41) is 10.9. The van der Waals surface area contributed by atoms with Crippen molar-refractivity contribution in [1.82, 2.24) is 4.90 Å². The van der Waals surface area contributed by atoms with Crippen molar-refractivity contribution in [3.05, 3.63) is 33.9 Å². The normalized spacial score (nSPS) is 17.1. The summed E-state index contributed by atoms with van der Waals surface area (Å²) in [6.07, 6.45) is 3.74. The molecule has 6 nitrogen and oxygen atoms in total. The van der Waals surface area contributed by atoms with Crippen LogP contribution in [0, 0.1) is 16.0 Å². The number of nitrogens with zero attached hydrogens (tertiary/aromatic N) is 2. The molecular weight excluding hydrogens is 256 g/mol. The largest absolute Gasteiger partial charge is 0.318 e. The summed E-state index contributed by atoms with van der Waals surface area (Å²) in [6, 6.07) is 5.10. The van der Waals surface area contributed by atoms with Crippen LogP contribution in [0.25, 0.3) is 0 Å². The average molecular weight is 278 g/mol. The van der Waals surface area contributed by atoms with Crippen LogP contribution in [-0.2, 0) is 6.54 Å². The molecule has 0 spiro atoms. The third-order valence-electron chi connectivity index (χ3n) is 4.10. The zero-order valence-electron chi connectivity index (χ0n) is 11.8. The quantitative estimate of drug-likeness (QED) is 0.491. The molecule has 0 aromatic heterocycles. The highest BCUT2D eigenvalue weighted by atomic mass is 16.6. The number of nitrogens with one attached hydrogen (secondary N) is 1. The number of hydrazine groups is 1. The summed E-state index contributed by atoms with van der Waals surface area (Å²) in [5.41, 5.74) is 3.85. The summed E-state index contributed by atoms with van der Waals surface area (Å²) in [6.45, 7) is 5.26. The van der Waals surface area contributed by atoms with Gasteiger partial charge >= 0.3 is 0 Å². The average Bonchev–Trinajstić information content (AvgIpc) is 2.47. The number of nitro groups is 1.